The van der Waals surface area contributed by atoms with Crippen molar-refractivity contribution in [3.8, 4) is 5.69 Å². The van der Waals surface area contributed by atoms with Crippen molar-refractivity contribution in [2.24, 2.45) is 0 Å². The lowest BCUT2D eigenvalue weighted by Gasteiger charge is -2.38. The van der Waals surface area contributed by atoms with Crippen LogP contribution in [0.5, 0.6) is 0 Å². The molecule has 11 heteroatoms. The molecule has 9 nitrogen and oxygen atoms in total. The number of carbonyl (C=O) groups is 1. The quantitative estimate of drug-likeness (QED) is 0.256. The first-order chi connectivity index (χ1) is 20.9. The summed E-state index contributed by atoms with van der Waals surface area (Å²) in [4.78, 5) is 29.1. The largest absolute Gasteiger partial charge is 0.367 e. The van der Waals surface area contributed by atoms with Gasteiger partial charge in [-0.15, -0.1) is 5.10 Å². The van der Waals surface area contributed by atoms with E-state index in [1.54, 1.807) is 10.9 Å². The summed E-state index contributed by atoms with van der Waals surface area (Å²) in [5.41, 5.74) is 7.28. The summed E-state index contributed by atoms with van der Waals surface area (Å²) in [7, 11) is 1.94. The summed E-state index contributed by atoms with van der Waals surface area (Å²) in [5, 5.41) is 12.1. The molecule has 1 amide bonds. The summed E-state index contributed by atoms with van der Waals surface area (Å²) in [6.07, 6.45) is 8.06. The van der Waals surface area contributed by atoms with Crippen LogP contribution < -0.4 is 4.90 Å². The van der Waals surface area contributed by atoms with Gasteiger partial charge < -0.3 is 9.80 Å². The number of halogens is 2. The SMILES string of the molecule is CN(CC(=O)N1CCN(c2c3c(nc4cc(Cl)ccc24)CCCC3)CC1)Cc1cn(-c2ccnc3cc(Cl)ccc23)nn1. The van der Waals surface area contributed by atoms with Crippen LogP contribution in [-0.2, 0) is 24.2 Å². The maximum atomic E-state index is 13.3. The molecule has 0 bridgehead atoms. The van der Waals surface area contributed by atoms with Gasteiger partial charge in [-0.25, -0.2) is 4.68 Å². The molecule has 0 N–H and O–H groups in total. The van der Waals surface area contributed by atoms with Gasteiger partial charge in [0.2, 0.25) is 5.91 Å². The van der Waals surface area contributed by atoms with Crippen molar-refractivity contribution in [1.82, 2.24) is 34.8 Å². The fourth-order valence-corrected chi connectivity index (χ4v) is 6.70. The van der Waals surface area contributed by atoms with Gasteiger partial charge in [-0.05, 0) is 80.8 Å². The van der Waals surface area contributed by atoms with E-state index in [1.807, 2.05) is 59.4 Å². The molecule has 0 saturated carbocycles. The maximum Gasteiger partial charge on any atom is 0.236 e. The molecule has 2 aliphatic rings. The van der Waals surface area contributed by atoms with Gasteiger partial charge in [0.15, 0.2) is 0 Å². The fraction of sp³-hybridized carbons (Fsp3) is 0.344. The van der Waals surface area contributed by atoms with E-state index in [0.717, 1.165) is 59.1 Å². The Morgan fingerprint density at radius 3 is 2.49 bits per heavy atom. The highest BCUT2D eigenvalue weighted by molar-refractivity contribution is 6.31. The molecule has 4 heterocycles. The Bertz CT molecular complexity index is 1830. The predicted octanol–water partition coefficient (Wildman–Crippen LogP) is 5.33. The topological polar surface area (TPSA) is 83.3 Å². The number of amides is 1. The first-order valence-corrected chi connectivity index (χ1v) is 15.5. The van der Waals surface area contributed by atoms with E-state index in [-0.39, 0.29) is 5.91 Å². The minimum Gasteiger partial charge on any atom is -0.367 e. The number of pyridine rings is 2. The van der Waals surface area contributed by atoms with Crippen LogP contribution in [-0.4, -0.2) is 80.4 Å². The van der Waals surface area contributed by atoms with Crippen LogP contribution >= 0.6 is 23.2 Å². The van der Waals surface area contributed by atoms with Crippen LogP contribution in [0.3, 0.4) is 0 Å². The van der Waals surface area contributed by atoms with Gasteiger partial charge in [0, 0.05) is 65.4 Å². The Morgan fingerprint density at radius 2 is 1.67 bits per heavy atom. The Balaban J connectivity index is 0.999. The van der Waals surface area contributed by atoms with Crippen molar-refractivity contribution < 1.29 is 4.79 Å². The van der Waals surface area contributed by atoms with Gasteiger partial charge in [0.25, 0.3) is 0 Å². The third-order valence-electron chi connectivity index (χ3n) is 8.45. The molecular formula is C32H32Cl2N8O. The van der Waals surface area contributed by atoms with Crippen LogP contribution in [0.1, 0.15) is 29.8 Å². The number of carbonyl (C=O) groups excluding carboxylic acids is 1. The second-order valence-electron chi connectivity index (χ2n) is 11.4. The standard InChI is InChI=1S/C32H32Cl2N8O/c1-39(18-23-19-42(38-37-23)30-10-11-35-28-16-21(33)6-8-24(28)30)20-31(43)40-12-14-41(15-13-40)32-25-4-2-3-5-27(25)36-29-17-22(34)7-9-26(29)32/h6-11,16-17,19H,2-5,12-15,18,20H2,1H3. The van der Waals surface area contributed by atoms with Crippen molar-refractivity contribution in [3.05, 3.63) is 81.9 Å². The number of nitrogens with zero attached hydrogens (tertiary/aromatic N) is 8. The van der Waals surface area contributed by atoms with Crippen LogP contribution in [0.2, 0.25) is 10.0 Å². The first kappa shape index (κ1) is 28.0. The minimum absolute atomic E-state index is 0.125. The van der Waals surface area contributed by atoms with Gasteiger partial charge in [-0.1, -0.05) is 28.4 Å². The summed E-state index contributed by atoms with van der Waals surface area (Å²) in [6.45, 7) is 3.79. The third kappa shape index (κ3) is 5.64. The van der Waals surface area contributed by atoms with E-state index < -0.39 is 0 Å². The lowest BCUT2D eigenvalue weighted by atomic mass is 9.92. The number of aryl methyl sites for hydroxylation is 1. The van der Waals surface area contributed by atoms with E-state index in [0.29, 0.717) is 36.2 Å². The zero-order chi connectivity index (χ0) is 29.5. The third-order valence-corrected chi connectivity index (χ3v) is 8.92. The highest BCUT2D eigenvalue weighted by Gasteiger charge is 2.27. The number of anilines is 1. The number of fused-ring (bicyclic) bond motifs is 3. The van der Waals surface area contributed by atoms with Crippen molar-refractivity contribution in [2.75, 3.05) is 44.7 Å². The molecule has 0 atom stereocenters. The monoisotopic (exact) mass is 614 g/mol. The van der Waals surface area contributed by atoms with Gasteiger partial charge in [0.1, 0.15) is 0 Å². The second-order valence-corrected chi connectivity index (χ2v) is 12.3. The molecule has 0 spiro atoms. The predicted molar refractivity (Wildman–Crippen MR) is 170 cm³/mol. The fourth-order valence-electron chi connectivity index (χ4n) is 6.37. The average Bonchev–Trinajstić information content (AvgIpc) is 3.47. The average molecular weight is 616 g/mol. The molecule has 220 valence electrons. The molecule has 1 fully saturated rings. The maximum absolute atomic E-state index is 13.3. The second kappa shape index (κ2) is 11.7. The number of hydrogen-bond acceptors (Lipinski definition) is 7. The van der Waals surface area contributed by atoms with Crippen molar-refractivity contribution in [3.63, 3.8) is 0 Å². The number of hydrogen-bond donors (Lipinski definition) is 0. The number of likely N-dealkylation sites (N-methyl/N-ethyl adjacent to an activating group) is 1. The van der Waals surface area contributed by atoms with Gasteiger partial charge in [-0.3, -0.25) is 19.7 Å². The number of aromatic nitrogens is 5. The van der Waals surface area contributed by atoms with Crippen molar-refractivity contribution >= 4 is 56.6 Å². The molecule has 5 aromatic rings. The van der Waals surface area contributed by atoms with Crippen LogP contribution in [0.15, 0.2) is 54.9 Å². The van der Waals surface area contributed by atoms with E-state index in [2.05, 4.69) is 26.3 Å². The zero-order valence-corrected chi connectivity index (χ0v) is 25.5. The molecule has 2 aromatic carbocycles. The summed E-state index contributed by atoms with van der Waals surface area (Å²) in [6, 6.07) is 13.5. The highest BCUT2D eigenvalue weighted by atomic mass is 35.5. The Kier molecular flexibility index (Phi) is 7.63. The molecular weight excluding hydrogens is 583 g/mol. The molecule has 1 aliphatic heterocycles. The van der Waals surface area contributed by atoms with Crippen LogP contribution in [0.25, 0.3) is 27.5 Å². The summed E-state index contributed by atoms with van der Waals surface area (Å²) < 4.78 is 1.75. The van der Waals surface area contributed by atoms with Crippen molar-refractivity contribution in [1.29, 1.82) is 0 Å². The van der Waals surface area contributed by atoms with Gasteiger partial charge in [0.05, 0.1) is 40.8 Å². The Hall–Kier alpha value is -3.79. The Morgan fingerprint density at radius 1 is 0.930 bits per heavy atom. The molecule has 3 aromatic heterocycles. The van der Waals surface area contributed by atoms with E-state index in [4.69, 9.17) is 28.2 Å². The molecule has 0 unspecified atom stereocenters. The Labute approximate surface area is 260 Å². The normalized spacial score (nSPS) is 15.4. The number of benzene rings is 2. The molecule has 43 heavy (non-hydrogen) atoms. The van der Waals surface area contributed by atoms with E-state index in [1.165, 1.54) is 29.8 Å². The molecule has 7 rings (SSSR count). The highest BCUT2D eigenvalue weighted by Crippen LogP contribution is 2.37. The molecule has 1 saturated heterocycles. The first-order valence-electron chi connectivity index (χ1n) is 14.7. The molecule has 1 aliphatic carbocycles. The lowest BCUT2D eigenvalue weighted by Crippen LogP contribution is -2.51. The van der Waals surface area contributed by atoms with Crippen molar-refractivity contribution in [2.45, 2.75) is 32.2 Å². The van der Waals surface area contributed by atoms with Crippen LogP contribution in [0, 0.1) is 0 Å². The van der Waals surface area contributed by atoms with E-state index in [9.17, 15) is 4.79 Å². The van der Waals surface area contributed by atoms with Crippen LogP contribution in [0.4, 0.5) is 5.69 Å². The summed E-state index contributed by atoms with van der Waals surface area (Å²) in [5.74, 6) is 0.125. The molecule has 0 radical (unpaired) electrons. The van der Waals surface area contributed by atoms with E-state index >= 15 is 0 Å². The zero-order valence-electron chi connectivity index (χ0n) is 24.0. The van der Waals surface area contributed by atoms with Gasteiger partial charge in [-0.2, -0.15) is 0 Å². The van der Waals surface area contributed by atoms with Gasteiger partial charge >= 0.3 is 0 Å². The minimum atomic E-state index is 0.125. The number of piperazine rings is 1. The summed E-state index contributed by atoms with van der Waals surface area (Å²) >= 11 is 12.5. The number of rotatable bonds is 6. The smallest absolute Gasteiger partial charge is 0.236 e. The lowest BCUT2D eigenvalue weighted by molar-refractivity contribution is -0.132.